The van der Waals surface area contributed by atoms with Gasteiger partial charge in [-0.2, -0.15) is 0 Å². The first-order valence-corrected chi connectivity index (χ1v) is 9.67. The van der Waals surface area contributed by atoms with Gasteiger partial charge in [0.1, 0.15) is 5.56 Å². The van der Waals surface area contributed by atoms with Gasteiger partial charge in [-0.25, -0.2) is 0 Å². The second-order valence-electron chi connectivity index (χ2n) is 7.74. The van der Waals surface area contributed by atoms with Crippen LogP contribution in [-0.2, 0) is 4.79 Å². The summed E-state index contributed by atoms with van der Waals surface area (Å²) in [6, 6.07) is 9.56. The highest BCUT2D eigenvalue weighted by molar-refractivity contribution is 5.95. The lowest BCUT2D eigenvalue weighted by Gasteiger charge is -2.19. The Hall–Kier alpha value is -2.89. The van der Waals surface area contributed by atoms with Crippen molar-refractivity contribution in [3.63, 3.8) is 0 Å². The molecule has 1 atom stereocenters. The zero-order valence-electron chi connectivity index (χ0n) is 16.9. The van der Waals surface area contributed by atoms with Gasteiger partial charge in [-0.15, -0.1) is 0 Å². The predicted octanol–water partition coefficient (Wildman–Crippen LogP) is 2.62. The molecule has 2 heterocycles. The molecule has 28 heavy (non-hydrogen) atoms. The Morgan fingerprint density at radius 3 is 2.64 bits per heavy atom. The molecule has 2 amide bonds. The van der Waals surface area contributed by atoms with Crippen molar-refractivity contribution in [3.8, 4) is 5.69 Å². The van der Waals surface area contributed by atoms with E-state index < -0.39 is 0 Å². The maximum atomic E-state index is 13.2. The summed E-state index contributed by atoms with van der Waals surface area (Å²) in [6.07, 6.45) is 2.42. The van der Waals surface area contributed by atoms with Gasteiger partial charge in [-0.05, 0) is 48.6 Å². The van der Waals surface area contributed by atoms with E-state index in [2.05, 4.69) is 19.2 Å². The van der Waals surface area contributed by atoms with Gasteiger partial charge in [0.05, 0.1) is 0 Å². The van der Waals surface area contributed by atoms with Crippen LogP contribution in [0.25, 0.3) is 5.69 Å². The van der Waals surface area contributed by atoms with Crippen LogP contribution in [0.1, 0.15) is 54.6 Å². The van der Waals surface area contributed by atoms with E-state index in [4.69, 9.17) is 0 Å². The molecule has 1 aliphatic rings. The molecule has 0 bridgehead atoms. The molecule has 0 radical (unpaired) electrons. The Morgan fingerprint density at radius 1 is 1.21 bits per heavy atom. The normalized spacial score (nSPS) is 16.5. The fourth-order valence-electron chi connectivity index (χ4n) is 3.63. The van der Waals surface area contributed by atoms with Crippen molar-refractivity contribution in [3.05, 3.63) is 63.6 Å². The van der Waals surface area contributed by atoms with Crippen molar-refractivity contribution in [2.24, 2.45) is 0 Å². The summed E-state index contributed by atoms with van der Waals surface area (Å²) in [6.45, 7) is 8.41. The third-order valence-electron chi connectivity index (χ3n) is 5.21. The number of likely N-dealkylation sites (tertiary alicyclic amines) is 1. The second kappa shape index (κ2) is 8.00. The smallest absolute Gasteiger partial charge is 0.268 e. The first kappa shape index (κ1) is 19.9. The fourth-order valence-corrected chi connectivity index (χ4v) is 3.63. The van der Waals surface area contributed by atoms with Crippen LogP contribution in [0.4, 0.5) is 0 Å². The number of carbonyl (C=O) groups excluding carboxylic acids is 2. The van der Waals surface area contributed by atoms with E-state index in [1.165, 1.54) is 11.5 Å². The molecule has 1 N–H and O–H groups in total. The van der Waals surface area contributed by atoms with Gasteiger partial charge in [-0.1, -0.05) is 26.0 Å². The highest BCUT2D eigenvalue weighted by Crippen LogP contribution is 2.19. The van der Waals surface area contributed by atoms with Crippen LogP contribution >= 0.6 is 0 Å². The molecular weight excluding hydrogens is 354 g/mol. The number of hydrogen-bond donors (Lipinski definition) is 1. The molecule has 0 aliphatic carbocycles. The zero-order valence-corrected chi connectivity index (χ0v) is 16.9. The Labute approximate surface area is 165 Å². The van der Waals surface area contributed by atoms with Crippen LogP contribution < -0.4 is 10.9 Å². The quantitative estimate of drug-likeness (QED) is 0.885. The van der Waals surface area contributed by atoms with Gasteiger partial charge in [0.2, 0.25) is 5.91 Å². The number of pyridine rings is 1. The SMILES string of the molecule is CC(=O)NC1CCN(C(=O)c2c(C)ccn(-c3cccc(C(C)C)c3)c2=O)C1. The van der Waals surface area contributed by atoms with Crippen molar-refractivity contribution in [2.45, 2.75) is 46.1 Å². The van der Waals surface area contributed by atoms with Crippen LogP contribution in [-0.4, -0.2) is 40.4 Å². The maximum absolute atomic E-state index is 13.2. The van der Waals surface area contributed by atoms with Crippen molar-refractivity contribution >= 4 is 11.8 Å². The summed E-state index contributed by atoms with van der Waals surface area (Å²) < 4.78 is 1.54. The van der Waals surface area contributed by atoms with Crippen LogP contribution in [0.2, 0.25) is 0 Å². The monoisotopic (exact) mass is 381 g/mol. The minimum Gasteiger partial charge on any atom is -0.352 e. The van der Waals surface area contributed by atoms with E-state index in [9.17, 15) is 14.4 Å². The average molecular weight is 381 g/mol. The predicted molar refractivity (Wildman–Crippen MR) is 109 cm³/mol. The number of carbonyl (C=O) groups is 2. The molecule has 0 spiro atoms. The Bertz CT molecular complexity index is 962. The van der Waals surface area contributed by atoms with Gasteiger partial charge >= 0.3 is 0 Å². The van der Waals surface area contributed by atoms with E-state index in [0.29, 0.717) is 31.0 Å². The van der Waals surface area contributed by atoms with Crippen LogP contribution in [0.15, 0.2) is 41.3 Å². The number of hydrogen-bond acceptors (Lipinski definition) is 3. The number of amides is 2. The molecule has 1 aromatic carbocycles. The fraction of sp³-hybridized carbons (Fsp3) is 0.409. The summed E-state index contributed by atoms with van der Waals surface area (Å²) in [5.74, 6) is -0.0372. The summed E-state index contributed by atoms with van der Waals surface area (Å²) in [7, 11) is 0. The van der Waals surface area contributed by atoms with Crippen LogP contribution in [0.5, 0.6) is 0 Å². The molecule has 6 heteroatoms. The Morgan fingerprint density at radius 2 is 1.96 bits per heavy atom. The van der Waals surface area contributed by atoms with E-state index >= 15 is 0 Å². The van der Waals surface area contributed by atoms with Gasteiger partial charge < -0.3 is 10.2 Å². The van der Waals surface area contributed by atoms with Gasteiger partial charge in [0, 0.05) is 37.9 Å². The van der Waals surface area contributed by atoms with Gasteiger partial charge in [0.15, 0.2) is 0 Å². The molecule has 0 saturated carbocycles. The Balaban J connectivity index is 1.94. The molecule has 2 aromatic rings. The average Bonchev–Trinajstić information content (AvgIpc) is 3.09. The van der Waals surface area contributed by atoms with E-state index in [1.54, 1.807) is 24.1 Å². The molecule has 6 nitrogen and oxygen atoms in total. The molecule has 3 rings (SSSR count). The maximum Gasteiger partial charge on any atom is 0.268 e. The zero-order chi connectivity index (χ0) is 20.4. The molecule has 148 valence electrons. The number of benzene rings is 1. The minimum absolute atomic E-state index is 0.0598. The largest absolute Gasteiger partial charge is 0.352 e. The number of aromatic nitrogens is 1. The number of aryl methyl sites for hydroxylation is 1. The number of rotatable bonds is 4. The van der Waals surface area contributed by atoms with Crippen molar-refractivity contribution in [2.75, 3.05) is 13.1 Å². The highest BCUT2D eigenvalue weighted by atomic mass is 16.2. The van der Waals surface area contributed by atoms with Gasteiger partial charge in [0.25, 0.3) is 11.5 Å². The topological polar surface area (TPSA) is 71.4 Å². The van der Waals surface area contributed by atoms with Crippen LogP contribution in [0.3, 0.4) is 0 Å². The summed E-state index contributed by atoms with van der Waals surface area (Å²) in [5, 5.41) is 2.85. The van der Waals surface area contributed by atoms with E-state index in [1.807, 2.05) is 24.3 Å². The minimum atomic E-state index is -0.311. The van der Waals surface area contributed by atoms with E-state index in [0.717, 1.165) is 11.3 Å². The Kier molecular flexibility index (Phi) is 5.68. The molecule has 1 fully saturated rings. The summed E-state index contributed by atoms with van der Waals surface area (Å²) in [5.41, 5.74) is 2.43. The lowest BCUT2D eigenvalue weighted by Crippen LogP contribution is -2.39. The lowest BCUT2D eigenvalue weighted by molar-refractivity contribution is -0.119. The molecule has 1 saturated heterocycles. The van der Waals surface area contributed by atoms with Crippen molar-refractivity contribution < 1.29 is 9.59 Å². The first-order chi connectivity index (χ1) is 13.3. The van der Waals surface area contributed by atoms with Crippen molar-refractivity contribution in [1.29, 1.82) is 0 Å². The molecule has 1 unspecified atom stereocenters. The van der Waals surface area contributed by atoms with Crippen LogP contribution in [0, 0.1) is 6.92 Å². The standard InChI is InChI=1S/C22H27N3O3/c1-14(2)17-6-5-7-19(12-17)25-11-8-15(3)20(22(25)28)21(27)24-10-9-18(13-24)23-16(4)26/h5-8,11-12,14,18H,9-10,13H2,1-4H3,(H,23,26). The molecule has 1 aliphatic heterocycles. The molecular formula is C22H27N3O3. The third kappa shape index (κ3) is 4.01. The summed E-state index contributed by atoms with van der Waals surface area (Å²) in [4.78, 5) is 39.2. The molecule has 1 aromatic heterocycles. The highest BCUT2D eigenvalue weighted by Gasteiger charge is 2.30. The summed E-state index contributed by atoms with van der Waals surface area (Å²) >= 11 is 0. The third-order valence-corrected chi connectivity index (χ3v) is 5.21. The van der Waals surface area contributed by atoms with E-state index in [-0.39, 0.29) is 29.0 Å². The number of nitrogens with one attached hydrogen (secondary N) is 1. The van der Waals surface area contributed by atoms with Crippen molar-refractivity contribution in [1.82, 2.24) is 14.8 Å². The second-order valence-corrected chi connectivity index (χ2v) is 7.74. The first-order valence-electron chi connectivity index (χ1n) is 9.67. The van der Waals surface area contributed by atoms with Gasteiger partial charge in [-0.3, -0.25) is 19.0 Å². The lowest BCUT2D eigenvalue weighted by atomic mass is 10.0. The number of nitrogens with zero attached hydrogens (tertiary/aromatic N) is 2.